The largest absolute Gasteiger partial charge is 0.457 e. The van der Waals surface area contributed by atoms with E-state index in [-0.39, 0.29) is 11.7 Å². The van der Waals surface area contributed by atoms with Gasteiger partial charge in [0.05, 0.1) is 5.57 Å². The van der Waals surface area contributed by atoms with Crippen molar-refractivity contribution in [2.45, 2.75) is 0 Å². The summed E-state index contributed by atoms with van der Waals surface area (Å²) in [4.78, 5) is 11.5. The number of carbonyl (C=O) groups is 1. The number of nitrogens with two attached hydrogens (primary N) is 1. The van der Waals surface area contributed by atoms with Crippen LogP contribution < -0.4 is 11.2 Å². The molecule has 6 heteroatoms. The van der Waals surface area contributed by atoms with Gasteiger partial charge >= 0.3 is 0 Å². The summed E-state index contributed by atoms with van der Waals surface area (Å²) in [5.41, 5.74) is 9.07. The maximum atomic E-state index is 11.5. The number of nitrogens with one attached hydrogen (secondary N) is 1. The normalized spacial score (nSPS) is 16.4. The van der Waals surface area contributed by atoms with Gasteiger partial charge in [-0.2, -0.15) is 5.10 Å². The third kappa shape index (κ3) is 2.31. The van der Waals surface area contributed by atoms with Gasteiger partial charge in [0, 0.05) is 10.6 Å². The van der Waals surface area contributed by atoms with Crippen molar-refractivity contribution in [2.24, 2.45) is 10.8 Å². The van der Waals surface area contributed by atoms with E-state index in [1.807, 2.05) is 18.2 Å². The Hall–Kier alpha value is -2.53. The Bertz CT molecular complexity index is 729. The quantitative estimate of drug-likeness (QED) is 0.832. The molecule has 0 saturated carbocycles. The zero-order valence-corrected chi connectivity index (χ0v) is 11.0. The van der Waals surface area contributed by atoms with Crippen molar-refractivity contribution in [3.05, 3.63) is 52.8 Å². The van der Waals surface area contributed by atoms with E-state index in [2.05, 4.69) is 10.5 Å². The van der Waals surface area contributed by atoms with Crippen LogP contribution in [0.15, 0.2) is 51.5 Å². The van der Waals surface area contributed by atoms with Gasteiger partial charge in [-0.25, -0.2) is 5.43 Å². The maximum Gasteiger partial charge on any atom is 0.275 e. The van der Waals surface area contributed by atoms with Gasteiger partial charge in [0.2, 0.25) is 0 Å². The van der Waals surface area contributed by atoms with Gasteiger partial charge in [-0.1, -0.05) is 11.6 Å². The molecule has 20 heavy (non-hydrogen) atoms. The van der Waals surface area contributed by atoms with Crippen molar-refractivity contribution in [3.8, 4) is 11.3 Å². The number of amidine groups is 1. The molecule has 0 radical (unpaired) electrons. The molecular weight excluding hydrogens is 278 g/mol. The number of hydrogen-bond acceptors (Lipinski definition) is 4. The highest BCUT2D eigenvalue weighted by molar-refractivity contribution is 6.30. The van der Waals surface area contributed by atoms with Crippen LogP contribution in [0, 0.1) is 0 Å². The summed E-state index contributed by atoms with van der Waals surface area (Å²) in [6.45, 7) is 0. The van der Waals surface area contributed by atoms with Crippen molar-refractivity contribution in [2.75, 3.05) is 0 Å². The molecular formula is C14H10ClN3O2. The van der Waals surface area contributed by atoms with E-state index in [4.69, 9.17) is 21.8 Å². The van der Waals surface area contributed by atoms with Crippen LogP contribution in [0.25, 0.3) is 17.4 Å². The average Bonchev–Trinajstić information content (AvgIpc) is 3.02. The molecule has 0 bridgehead atoms. The predicted molar refractivity (Wildman–Crippen MR) is 76.9 cm³/mol. The summed E-state index contributed by atoms with van der Waals surface area (Å²) in [5.74, 6) is 1.02. The highest BCUT2D eigenvalue weighted by atomic mass is 35.5. The van der Waals surface area contributed by atoms with Crippen LogP contribution in [0.2, 0.25) is 5.02 Å². The second-order valence-corrected chi connectivity index (χ2v) is 4.64. The van der Waals surface area contributed by atoms with E-state index >= 15 is 0 Å². The molecule has 0 fully saturated rings. The fourth-order valence-electron chi connectivity index (χ4n) is 1.83. The molecule has 3 rings (SSSR count). The summed E-state index contributed by atoms with van der Waals surface area (Å²) >= 11 is 5.84. The van der Waals surface area contributed by atoms with E-state index in [0.717, 1.165) is 5.56 Å². The second kappa shape index (κ2) is 4.86. The highest BCUT2D eigenvalue weighted by Gasteiger charge is 2.20. The van der Waals surface area contributed by atoms with E-state index in [1.54, 1.807) is 24.3 Å². The van der Waals surface area contributed by atoms with Gasteiger partial charge in [-0.15, -0.1) is 0 Å². The fraction of sp³-hybridized carbons (Fsp3) is 0. The lowest BCUT2D eigenvalue weighted by Gasteiger charge is -1.97. The number of hydrazone groups is 1. The topological polar surface area (TPSA) is 80.6 Å². The van der Waals surface area contributed by atoms with Crippen LogP contribution >= 0.6 is 11.6 Å². The lowest BCUT2D eigenvalue weighted by atomic mass is 10.2. The van der Waals surface area contributed by atoms with E-state index in [9.17, 15) is 4.79 Å². The minimum absolute atomic E-state index is 0.152. The third-order valence-corrected chi connectivity index (χ3v) is 3.09. The highest BCUT2D eigenvalue weighted by Crippen LogP contribution is 2.25. The first kappa shape index (κ1) is 12.5. The van der Waals surface area contributed by atoms with Crippen molar-refractivity contribution in [1.82, 2.24) is 5.43 Å². The van der Waals surface area contributed by atoms with E-state index in [1.165, 1.54) is 0 Å². The molecule has 0 saturated heterocycles. The Morgan fingerprint density at radius 1 is 1.20 bits per heavy atom. The number of hydrogen-bond donors (Lipinski definition) is 2. The number of halogens is 1. The first-order chi connectivity index (χ1) is 9.63. The van der Waals surface area contributed by atoms with Crippen LogP contribution in [0.3, 0.4) is 0 Å². The third-order valence-electron chi connectivity index (χ3n) is 2.84. The van der Waals surface area contributed by atoms with Crippen LogP contribution in [-0.2, 0) is 4.79 Å². The molecule has 5 nitrogen and oxygen atoms in total. The number of benzene rings is 1. The fourth-order valence-corrected chi connectivity index (χ4v) is 1.96. The monoisotopic (exact) mass is 287 g/mol. The summed E-state index contributed by atoms with van der Waals surface area (Å²) in [5, 5.41) is 4.30. The standard InChI is InChI=1S/C14H10ClN3O2/c15-9-3-1-8(2-4-9)12-6-5-10(20-12)7-11-13(16)17-18-14(11)19/h1-7H,(H2,16,17)(H,18,19). The zero-order chi connectivity index (χ0) is 14.1. The lowest BCUT2D eigenvalue weighted by molar-refractivity contribution is -0.116. The zero-order valence-electron chi connectivity index (χ0n) is 10.3. The Kier molecular flexibility index (Phi) is 3.04. The molecule has 2 aromatic rings. The van der Waals surface area contributed by atoms with Gasteiger partial charge in [0.15, 0.2) is 5.84 Å². The van der Waals surface area contributed by atoms with Crippen molar-refractivity contribution in [3.63, 3.8) is 0 Å². The molecule has 0 aliphatic carbocycles. The minimum atomic E-state index is -0.341. The van der Waals surface area contributed by atoms with Gasteiger partial charge in [0.25, 0.3) is 5.91 Å². The predicted octanol–water partition coefficient (Wildman–Crippen LogP) is 2.39. The van der Waals surface area contributed by atoms with Crippen LogP contribution in [0.1, 0.15) is 5.76 Å². The van der Waals surface area contributed by atoms with Crippen molar-refractivity contribution < 1.29 is 9.21 Å². The lowest BCUT2D eigenvalue weighted by Crippen LogP contribution is -2.16. The molecule has 1 aliphatic rings. The SMILES string of the molecule is NC1=NNC(=O)C1=Cc1ccc(-c2ccc(Cl)cc2)o1. The molecule has 3 N–H and O–H groups in total. The second-order valence-electron chi connectivity index (χ2n) is 4.20. The molecule has 0 atom stereocenters. The van der Waals surface area contributed by atoms with Gasteiger partial charge < -0.3 is 10.2 Å². The average molecular weight is 288 g/mol. The molecule has 1 aromatic carbocycles. The molecule has 1 amide bonds. The summed E-state index contributed by atoms with van der Waals surface area (Å²) in [6, 6.07) is 10.9. The Balaban J connectivity index is 1.91. The van der Waals surface area contributed by atoms with Gasteiger partial charge in [-0.3, -0.25) is 4.79 Å². The Morgan fingerprint density at radius 2 is 1.95 bits per heavy atom. The summed E-state index contributed by atoms with van der Waals surface area (Å²) < 4.78 is 5.66. The summed E-state index contributed by atoms with van der Waals surface area (Å²) in [6.07, 6.45) is 1.56. The first-order valence-electron chi connectivity index (χ1n) is 5.85. The molecule has 100 valence electrons. The van der Waals surface area contributed by atoms with Crippen LogP contribution in [0.5, 0.6) is 0 Å². The number of carbonyl (C=O) groups excluding carboxylic acids is 1. The first-order valence-corrected chi connectivity index (χ1v) is 6.22. The van der Waals surface area contributed by atoms with E-state index in [0.29, 0.717) is 22.1 Å². The molecule has 0 unspecified atom stereocenters. The minimum Gasteiger partial charge on any atom is -0.457 e. The molecule has 2 heterocycles. The smallest absolute Gasteiger partial charge is 0.275 e. The van der Waals surface area contributed by atoms with E-state index < -0.39 is 0 Å². The van der Waals surface area contributed by atoms with Crippen LogP contribution in [0.4, 0.5) is 0 Å². The Morgan fingerprint density at radius 3 is 2.60 bits per heavy atom. The molecule has 0 spiro atoms. The number of rotatable bonds is 2. The van der Waals surface area contributed by atoms with Crippen molar-refractivity contribution >= 4 is 29.4 Å². The van der Waals surface area contributed by atoms with Crippen molar-refractivity contribution in [1.29, 1.82) is 0 Å². The van der Waals surface area contributed by atoms with Gasteiger partial charge in [-0.05, 0) is 42.5 Å². The maximum absolute atomic E-state index is 11.5. The molecule has 1 aromatic heterocycles. The number of nitrogens with zero attached hydrogens (tertiary/aromatic N) is 1. The molecule has 1 aliphatic heterocycles. The number of amides is 1. The summed E-state index contributed by atoms with van der Waals surface area (Å²) in [7, 11) is 0. The number of furan rings is 1. The van der Waals surface area contributed by atoms with Crippen LogP contribution in [-0.4, -0.2) is 11.7 Å². The van der Waals surface area contributed by atoms with Gasteiger partial charge in [0.1, 0.15) is 11.5 Å². The Labute approximate surface area is 119 Å².